The van der Waals surface area contributed by atoms with E-state index in [1.54, 1.807) is 6.20 Å². The van der Waals surface area contributed by atoms with Crippen molar-refractivity contribution < 1.29 is 76.5 Å². The first kappa shape index (κ1) is 72.7. The molecule has 4 aromatic heterocycles. The van der Waals surface area contributed by atoms with Gasteiger partial charge in [0.1, 0.15) is 71.3 Å². The lowest BCUT2D eigenvalue weighted by molar-refractivity contribution is -0.147. The minimum Gasteiger partial charge on any atom is -0.508 e. The number of aryl methyl sites for hydroxylation is 2. The van der Waals surface area contributed by atoms with E-state index in [1.165, 1.54) is 104 Å². The number of halogens is 2. The molecule has 2 aliphatic rings. The number of carbonyl (C=O) groups excluding carboxylic acids is 11. The van der Waals surface area contributed by atoms with E-state index in [0.29, 0.717) is 41.6 Å². The molecule has 2 bridgehead atoms. The number of aromatic nitrogens is 7. The Balaban J connectivity index is 1.06. The lowest BCUT2D eigenvalue weighted by Crippen LogP contribution is -2.63. The molecular formula is C66H78F2N18O14. The van der Waals surface area contributed by atoms with Gasteiger partial charge in [0.2, 0.25) is 65.0 Å². The van der Waals surface area contributed by atoms with Crippen molar-refractivity contribution in [1.29, 1.82) is 0 Å². The molecular weight excluding hydrogens is 1310 g/mol. The highest BCUT2D eigenvalue weighted by Gasteiger charge is 2.49. The maximum absolute atomic E-state index is 15.2. The van der Waals surface area contributed by atoms with Crippen molar-refractivity contribution in [1.82, 2.24) is 87.7 Å². The summed E-state index contributed by atoms with van der Waals surface area (Å²) < 4.78 is 31.3. The number of carboxylic acid groups (broad SMARTS) is 1. The third-order valence-corrected chi connectivity index (χ3v) is 17.5. The monoisotopic (exact) mass is 1380 g/mol. The van der Waals surface area contributed by atoms with Crippen molar-refractivity contribution >= 4 is 92.8 Å². The van der Waals surface area contributed by atoms with Crippen LogP contribution >= 0.6 is 0 Å². The standard InChI is InChI=1S/C66H78F2N18O14/c1-34-58(93)73-31-55(89)77-50(22-37-28-71-46-15-10-39(67)24-44(37)46)60(95)78-51(23-38-29-72-47-16-11-40(68)25-45(38)47)61(96)80-53(27-56(90)91)63(98)79-52(26-42-30-70-33-74-42)62(97)81-54(21-36-8-13-43(88)14-9-36)64(99)86-20-6-18-66(86,3)65(100)82-48(57(69)92)7-4-5-19-85-32-41(83-84-85)12-17-49(59(94)75-34)76-35(2)87/h8-11,13-16,24-25,28-30,32-34,48-54,71-72,88H,4-7,12,17-23,26-27,31H2,1-3H3,(H2,69,92)(H,70,74)(H,73,93)(H,75,94)(H,76,87)(H,77,89)(H,78,95)(H,79,98)(H,80,96)(H,81,97)(H,82,100)(H,90,91)/t34-,48-,49-,50-,51-,52-,53-,54-,66-/m0/s1. The van der Waals surface area contributed by atoms with Crippen LogP contribution in [0.15, 0.2) is 91.8 Å². The number of carbonyl (C=O) groups is 12. The van der Waals surface area contributed by atoms with Gasteiger partial charge in [-0.15, -0.1) is 5.10 Å². The summed E-state index contributed by atoms with van der Waals surface area (Å²) >= 11 is 0. The SMILES string of the molecule is CC(=O)N[C@H]1CCc2cn(nn2)CCCC[C@@H](C(N)=O)NC(=O)[C@]2(C)CCCN2C(=O)[C@H](Cc2ccc(O)cc2)NC(=O)[C@H](Cc2cnc[nH]2)NC(=O)[C@H](CC(=O)O)NC(=O)[C@H](Cc2c[nH]c3ccc(F)cc23)NC(=O)[C@H](Cc2c[nH]c3ccc(F)cc23)NC(=O)CNC(=O)[C@H](C)NC1=O. The van der Waals surface area contributed by atoms with Crippen LogP contribution in [0.25, 0.3) is 21.8 Å². The Morgan fingerprint density at radius 2 is 1.28 bits per heavy atom. The van der Waals surface area contributed by atoms with Crippen molar-refractivity contribution in [3.05, 3.63) is 131 Å². The molecule has 7 aromatic rings. The smallest absolute Gasteiger partial charge is 0.305 e. The number of H-pyrrole nitrogens is 3. The first-order valence-corrected chi connectivity index (χ1v) is 32.3. The number of amides is 11. The molecule has 9 rings (SSSR count). The molecule has 0 saturated carbocycles. The zero-order valence-corrected chi connectivity index (χ0v) is 54.7. The Labute approximate surface area is 569 Å². The first-order valence-electron chi connectivity index (χ1n) is 32.3. The number of hydrogen-bond donors (Lipinski definition) is 15. The fourth-order valence-corrected chi connectivity index (χ4v) is 12.1. The fraction of sp³-hybridized carbons (Fsp3) is 0.409. The zero-order chi connectivity index (χ0) is 71.9. The number of imidazole rings is 1. The Kier molecular flexibility index (Phi) is 23.7. The van der Waals surface area contributed by atoms with Gasteiger partial charge in [-0.1, -0.05) is 17.3 Å². The minimum atomic E-state index is -2.06. The largest absolute Gasteiger partial charge is 0.508 e. The number of nitrogens with two attached hydrogens (primary N) is 1. The molecule has 1 fully saturated rings. The van der Waals surface area contributed by atoms with Crippen LogP contribution in [-0.2, 0) is 96.2 Å². The van der Waals surface area contributed by atoms with Crippen molar-refractivity contribution in [2.24, 2.45) is 5.73 Å². The molecule has 16 N–H and O–H groups in total. The molecule has 34 heteroatoms. The van der Waals surface area contributed by atoms with Gasteiger partial charge >= 0.3 is 5.97 Å². The molecule has 0 radical (unpaired) electrons. The van der Waals surface area contributed by atoms with Crippen LogP contribution in [0.2, 0.25) is 0 Å². The predicted molar refractivity (Wildman–Crippen MR) is 351 cm³/mol. The van der Waals surface area contributed by atoms with Gasteiger partial charge in [-0.3, -0.25) is 62.2 Å². The predicted octanol–water partition coefficient (Wildman–Crippen LogP) is -0.590. The fourth-order valence-electron chi connectivity index (χ4n) is 12.1. The Morgan fingerprint density at radius 1 is 0.680 bits per heavy atom. The highest BCUT2D eigenvalue weighted by Crippen LogP contribution is 2.31. The molecule has 0 unspecified atom stereocenters. The van der Waals surface area contributed by atoms with Crippen molar-refractivity contribution in [3.8, 4) is 5.75 Å². The van der Waals surface area contributed by atoms with Crippen molar-refractivity contribution in [2.75, 3.05) is 13.1 Å². The van der Waals surface area contributed by atoms with Gasteiger partial charge in [0.15, 0.2) is 0 Å². The molecule has 0 spiro atoms. The number of hydrogen-bond acceptors (Lipinski definition) is 16. The van der Waals surface area contributed by atoms with E-state index >= 15 is 9.59 Å². The van der Waals surface area contributed by atoms with Gasteiger partial charge in [-0.05, 0) is 124 Å². The average Bonchev–Trinajstić information content (AvgIpc) is 1.59. The maximum atomic E-state index is 15.2. The number of nitrogens with zero attached hydrogens (tertiary/aromatic N) is 5. The molecule has 9 atom stereocenters. The van der Waals surface area contributed by atoms with Gasteiger partial charge < -0.3 is 83.6 Å². The van der Waals surface area contributed by atoms with Gasteiger partial charge in [0.05, 0.1) is 25.0 Å². The van der Waals surface area contributed by atoms with E-state index in [4.69, 9.17) is 5.73 Å². The van der Waals surface area contributed by atoms with E-state index in [0.717, 1.165) is 12.1 Å². The van der Waals surface area contributed by atoms with E-state index in [2.05, 4.69) is 78.1 Å². The van der Waals surface area contributed by atoms with Gasteiger partial charge in [0.25, 0.3) is 0 Å². The molecule has 32 nitrogen and oxygen atoms in total. The van der Waals surface area contributed by atoms with E-state index in [9.17, 15) is 66.9 Å². The quantitative estimate of drug-likeness (QED) is 0.0727. The summed E-state index contributed by atoms with van der Waals surface area (Å²) in [4.78, 5) is 183. The molecule has 11 amide bonds. The maximum Gasteiger partial charge on any atom is 0.305 e. The number of nitrogens with one attached hydrogen (secondary N) is 12. The minimum absolute atomic E-state index is 0.00521. The third kappa shape index (κ3) is 18.9. The van der Waals surface area contributed by atoms with Crippen LogP contribution < -0.4 is 53.6 Å². The number of aliphatic carboxylic acids is 1. The number of aromatic hydroxyl groups is 1. The summed E-state index contributed by atoms with van der Waals surface area (Å²) in [6, 6.07) is 0.632. The van der Waals surface area contributed by atoms with E-state index in [-0.39, 0.29) is 78.5 Å². The number of phenols is 1. The van der Waals surface area contributed by atoms with Crippen LogP contribution in [0.4, 0.5) is 8.78 Å². The number of phenolic OH excluding ortho intramolecular Hbond substituents is 1. The lowest BCUT2D eigenvalue weighted by Gasteiger charge is -2.37. The molecule has 530 valence electrons. The highest BCUT2D eigenvalue weighted by molar-refractivity contribution is 6.01. The number of rotatable bonds is 12. The molecule has 3 aromatic carbocycles. The molecule has 1 saturated heterocycles. The van der Waals surface area contributed by atoms with E-state index in [1.807, 2.05) is 0 Å². The number of carboxylic acids is 1. The molecule has 100 heavy (non-hydrogen) atoms. The van der Waals surface area contributed by atoms with Crippen molar-refractivity contribution in [2.45, 2.75) is 158 Å². The average molecular weight is 1390 g/mol. The molecule has 2 aliphatic heterocycles. The second kappa shape index (κ2) is 32.6. The molecule has 0 aliphatic carbocycles. The number of primary amides is 1. The molecule has 6 heterocycles. The number of fused-ring (bicyclic) bond motifs is 5. The first-order chi connectivity index (χ1) is 47.7. The van der Waals surface area contributed by atoms with Crippen LogP contribution in [0.1, 0.15) is 93.8 Å². The zero-order valence-electron chi connectivity index (χ0n) is 54.7. The topological polar surface area (TPSA) is 474 Å². The number of aromatic amines is 3. The summed E-state index contributed by atoms with van der Waals surface area (Å²) in [5.74, 6) is -13.3. The van der Waals surface area contributed by atoms with Crippen LogP contribution in [0.5, 0.6) is 5.75 Å². The summed E-state index contributed by atoms with van der Waals surface area (Å²) in [5, 5.41) is 52.3. The van der Waals surface area contributed by atoms with Crippen LogP contribution in [0, 0.1) is 11.6 Å². The van der Waals surface area contributed by atoms with Crippen LogP contribution in [-0.4, -0.2) is 188 Å². The highest BCUT2D eigenvalue weighted by atomic mass is 19.1. The number of benzene rings is 3. The third-order valence-electron chi connectivity index (χ3n) is 17.5. The Hall–Kier alpha value is -11.6. The second-order valence-electron chi connectivity index (χ2n) is 25.0. The summed E-state index contributed by atoms with van der Waals surface area (Å²) in [6.07, 6.45) is 5.63. The summed E-state index contributed by atoms with van der Waals surface area (Å²) in [5.41, 5.74) is 6.61. The Morgan fingerprint density at radius 3 is 1.88 bits per heavy atom. The van der Waals surface area contributed by atoms with Crippen molar-refractivity contribution in [3.63, 3.8) is 0 Å². The van der Waals surface area contributed by atoms with Gasteiger partial charge in [0, 0.05) is 98.0 Å². The summed E-state index contributed by atoms with van der Waals surface area (Å²) in [6.45, 7) is 3.45. The second-order valence-corrected chi connectivity index (χ2v) is 25.0. The summed E-state index contributed by atoms with van der Waals surface area (Å²) in [7, 11) is 0. The van der Waals surface area contributed by atoms with E-state index < -0.39 is 169 Å². The van der Waals surface area contributed by atoms with Gasteiger partial charge in [-0.2, -0.15) is 0 Å². The van der Waals surface area contributed by atoms with Gasteiger partial charge in [-0.25, -0.2) is 13.8 Å². The normalized spacial score (nSPS) is 23.5. The Bertz CT molecular complexity index is 4200. The van der Waals surface area contributed by atoms with Crippen LogP contribution in [0.3, 0.4) is 0 Å². The lowest BCUT2D eigenvalue weighted by atomic mass is 9.94.